The number of aromatic nitrogens is 1. The van der Waals surface area contributed by atoms with Crippen LogP contribution in [0.5, 0.6) is 28.9 Å². The summed E-state index contributed by atoms with van der Waals surface area (Å²) < 4.78 is 62.5. The van der Waals surface area contributed by atoms with Crippen LogP contribution < -0.4 is 23.7 Å². The normalized spacial score (nSPS) is 15.6. The van der Waals surface area contributed by atoms with Crippen LogP contribution in [0, 0.1) is 18.6 Å². The maximum Gasteiger partial charge on any atom is 0.513 e. The number of nitrogens with zero attached hydrogens (tertiary/aromatic N) is 7. The average molecular weight is 1240 g/mol. The quantitative estimate of drug-likeness (QED) is 0.00968. The lowest BCUT2D eigenvalue weighted by Gasteiger charge is -2.50. The van der Waals surface area contributed by atoms with Gasteiger partial charge in [-0.3, -0.25) is 40.9 Å². The van der Waals surface area contributed by atoms with Crippen LogP contribution in [0.2, 0.25) is 5.02 Å². The first-order valence-corrected chi connectivity index (χ1v) is 27.7. The van der Waals surface area contributed by atoms with Gasteiger partial charge in [-0.1, -0.05) is 72.3 Å². The molecular formula is C59H60ClF2N7O19. The minimum Gasteiger partial charge on any atom is -0.489 e. The second kappa shape index (κ2) is 30.0. The van der Waals surface area contributed by atoms with Gasteiger partial charge in [-0.05, 0) is 133 Å². The second-order valence-electron chi connectivity index (χ2n) is 20.3. The molecule has 2 fully saturated rings. The number of aryl methyl sites for hydroxylation is 1. The van der Waals surface area contributed by atoms with Crippen molar-refractivity contribution in [1.29, 1.82) is 0 Å². The van der Waals surface area contributed by atoms with Gasteiger partial charge in [-0.2, -0.15) is 0 Å². The molecule has 1 saturated carbocycles. The van der Waals surface area contributed by atoms with E-state index in [0.717, 1.165) is 17.7 Å². The summed E-state index contributed by atoms with van der Waals surface area (Å²) in [5, 5.41) is 52.5. The molecule has 3 aliphatic rings. The van der Waals surface area contributed by atoms with Crippen LogP contribution in [-0.2, 0) is 56.8 Å². The molecule has 3 amide bonds. The first-order chi connectivity index (χ1) is 42.4. The van der Waals surface area contributed by atoms with E-state index < -0.39 is 74.9 Å². The van der Waals surface area contributed by atoms with Crippen LogP contribution in [0.4, 0.5) is 23.2 Å². The molecule has 2 unspecified atom stereocenters. The molecule has 1 saturated heterocycles. The number of benzene rings is 5. The Morgan fingerprint density at radius 2 is 1.24 bits per heavy atom. The lowest BCUT2D eigenvalue weighted by molar-refractivity contribution is -0.497. The maximum absolute atomic E-state index is 16.0. The highest BCUT2D eigenvalue weighted by Crippen LogP contribution is 2.43. The number of amides is 3. The highest BCUT2D eigenvalue weighted by atomic mass is 35.5. The van der Waals surface area contributed by atoms with Crippen LogP contribution in [0.15, 0.2) is 127 Å². The summed E-state index contributed by atoms with van der Waals surface area (Å²) in [5.41, 5.74) is 4.69. The second-order valence-corrected chi connectivity index (χ2v) is 20.6. The monoisotopic (exact) mass is 1240 g/mol. The minimum atomic E-state index is -1.19. The predicted molar refractivity (Wildman–Crippen MR) is 296 cm³/mol. The van der Waals surface area contributed by atoms with E-state index in [-0.39, 0.29) is 100 Å². The van der Waals surface area contributed by atoms with Crippen molar-refractivity contribution in [2.24, 2.45) is 0 Å². The SMILES string of the molecule is Cc1c(CN(C(=O)C2=C(c3ccc(CCCOc4c(F)ccc(F)c4Cl)cc3)CC3CN(C(=O)Oc4cccc(CON(O)O)c4)CC2N3C(=O)Oc2cccc(CON(O)O)c2)C2CC2)ccnc1OCCOC(=O)Oc1cccc(CON(O)O)c1. The van der Waals surface area contributed by atoms with E-state index in [2.05, 4.69) is 9.82 Å². The molecule has 6 N–H and O–H groups in total. The van der Waals surface area contributed by atoms with E-state index in [9.17, 15) is 33.6 Å². The van der Waals surface area contributed by atoms with E-state index >= 15 is 4.79 Å². The molecule has 2 atom stereocenters. The van der Waals surface area contributed by atoms with Crippen molar-refractivity contribution in [1.82, 2.24) is 35.9 Å². The zero-order chi connectivity index (χ0) is 62.4. The summed E-state index contributed by atoms with van der Waals surface area (Å²) in [4.78, 5) is 80.9. The number of pyridine rings is 1. The van der Waals surface area contributed by atoms with Gasteiger partial charge in [-0.15, -0.1) is 0 Å². The molecule has 3 heterocycles. The molecule has 466 valence electrons. The first-order valence-electron chi connectivity index (χ1n) is 27.3. The fourth-order valence-electron chi connectivity index (χ4n) is 10.0. The lowest BCUT2D eigenvalue weighted by atomic mass is 9.81. The molecule has 88 heavy (non-hydrogen) atoms. The van der Waals surface area contributed by atoms with Crippen LogP contribution >= 0.6 is 11.6 Å². The smallest absolute Gasteiger partial charge is 0.489 e. The topological polar surface area (TPSA) is 305 Å². The van der Waals surface area contributed by atoms with Gasteiger partial charge in [0.15, 0.2) is 11.6 Å². The number of fused-ring (bicyclic) bond motifs is 2. The molecule has 2 aliphatic heterocycles. The molecule has 26 nitrogen and oxygen atoms in total. The van der Waals surface area contributed by atoms with E-state index in [1.165, 1.54) is 52.4 Å². The van der Waals surface area contributed by atoms with Crippen molar-refractivity contribution in [2.75, 3.05) is 32.9 Å². The summed E-state index contributed by atoms with van der Waals surface area (Å²) in [6.07, 6.45) is 0.878. The summed E-state index contributed by atoms with van der Waals surface area (Å²) in [6, 6.07) is 27.0. The van der Waals surface area contributed by atoms with Gasteiger partial charge in [0.2, 0.25) is 5.88 Å². The molecule has 1 aliphatic carbocycles. The molecule has 0 spiro atoms. The third-order valence-corrected chi connectivity index (χ3v) is 14.6. The highest BCUT2D eigenvalue weighted by molar-refractivity contribution is 6.32. The van der Waals surface area contributed by atoms with Gasteiger partial charge in [0.25, 0.3) is 5.91 Å². The van der Waals surface area contributed by atoms with Crippen LogP contribution in [0.25, 0.3) is 5.57 Å². The lowest BCUT2D eigenvalue weighted by Crippen LogP contribution is -2.66. The Balaban J connectivity index is 1.00. The Bertz CT molecular complexity index is 3470. The number of rotatable bonds is 26. The zero-order valence-electron chi connectivity index (χ0n) is 46.9. The Morgan fingerprint density at radius 1 is 0.659 bits per heavy atom. The van der Waals surface area contributed by atoms with Gasteiger partial charge in [0.1, 0.15) is 41.3 Å². The summed E-state index contributed by atoms with van der Waals surface area (Å²) in [5.74, 6) is -2.06. The number of hydrogen-bond acceptors (Lipinski definition) is 23. The molecule has 9 rings (SSSR count). The first kappa shape index (κ1) is 64.0. The number of ether oxygens (including phenoxy) is 6. The largest absolute Gasteiger partial charge is 0.513 e. The fraction of sp³-hybridized carbons (Fsp3) is 0.305. The fourth-order valence-corrected chi connectivity index (χ4v) is 10.2. The number of carbonyl (C=O) groups is 4. The van der Waals surface area contributed by atoms with Crippen molar-refractivity contribution < 1.29 is 102 Å². The molecule has 1 aromatic heterocycles. The Morgan fingerprint density at radius 3 is 1.83 bits per heavy atom. The summed E-state index contributed by atoms with van der Waals surface area (Å²) in [7, 11) is 0. The summed E-state index contributed by atoms with van der Waals surface area (Å²) in [6.45, 7) is 0.165. The van der Waals surface area contributed by atoms with Gasteiger partial charge in [0, 0.05) is 43.0 Å². The van der Waals surface area contributed by atoms with Crippen LogP contribution in [0.1, 0.15) is 64.6 Å². The van der Waals surface area contributed by atoms with Gasteiger partial charge in [0.05, 0.1) is 54.7 Å². The molecule has 6 aromatic rings. The number of carbonyl (C=O) groups excluding carboxylic acids is 4. The third-order valence-electron chi connectivity index (χ3n) is 14.3. The van der Waals surface area contributed by atoms with E-state index in [0.29, 0.717) is 64.6 Å². The molecule has 29 heteroatoms. The van der Waals surface area contributed by atoms with Gasteiger partial charge >= 0.3 is 18.3 Å². The van der Waals surface area contributed by atoms with E-state index in [1.54, 1.807) is 54.3 Å². The standard InChI is InChI=1S/C59H60ClF2N7O19/c1-36-42(21-22-63-55(36)81-24-25-82-59(73)88-47-12-4-8-40(28-47)35-85-69(78)79)30-65(43-17-18-43)56(70)52-48(41-15-13-37(14-16-41)9-5-23-80-54-50(62)20-19-49(61)53(54)60)29-44-31-64(57(71)86-45-10-2-6-38(26-45)33-83-67(74)75)32-51(52)66(44)58(72)87-46-11-3-7-39(27-46)34-84-68(76)77/h2-4,6-8,10-16,19-22,26-28,43-44,51,74-79H,5,9,17-18,23-25,29-35H2,1H3. The molecular weight excluding hydrogens is 1180 g/mol. The van der Waals surface area contributed by atoms with E-state index in [1.807, 2.05) is 24.3 Å². The van der Waals surface area contributed by atoms with Gasteiger partial charge < -0.3 is 38.2 Å². The Labute approximate surface area is 505 Å². The van der Waals surface area contributed by atoms with E-state index in [4.69, 9.17) is 70.5 Å². The Kier molecular flexibility index (Phi) is 21.8. The van der Waals surface area contributed by atoms with Crippen molar-refractivity contribution >= 4 is 41.4 Å². The Hall–Kier alpha value is -8.46. The number of hydrogen-bond donors (Lipinski definition) is 6. The van der Waals surface area contributed by atoms with Crippen molar-refractivity contribution in [2.45, 2.75) is 83.5 Å². The van der Waals surface area contributed by atoms with Crippen LogP contribution in [0.3, 0.4) is 0 Å². The number of halogens is 3. The van der Waals surface area contributed by atoms with Crippen molar-refractivity contribution in [3.05, 3.63) is 183 Å². The molecule has 5 aromatic carbocycles. The summed E-state index contributed by atoms with van der Waals surface area (Å²) >= 11 is 5.98. The predicted octanol–water partition coefficient (Wildman–Crippen LogP) is 9.56. The third kappa shape index (κ3) is 17.2. The maximum atomic E-state index is 16.0. The zero-order valence-corrected chi connectivity index (χ0v) is 47.7. The molecule has 0 radical (unpaired) electrons. The van der Waals surface area contributed by atoms with Crippen molar-refractivity contribution in [3.63, 3.8) is 0 Å². The van der Waals surface area contributed by atoms with Crippen molar-refractivity contribution in [3.8, 4) is 28.9 Å². The average Bonchev–Trinajstić information content (AvgIpc) is 1.16. The van der Waals surface area contributed by atoms with Crippen LogP contribution in [-0.4, -0.2) is 142 Å². The number of piperazine rings is 1. The highest BCUT2D eigenvalue weighted by Gasteiger charge is 2.50. The van der Waals surface area contributed by atoms with Gasteiger partial charge in [-0.25, -0.2) is 42.7 Å². The molecule has 2 bridgehead atoms. The minimum absolute atomic E-state index is 0.00877.